The molecule has 0 atom stereocenters. The minimum absolute atomic E-state index is 0.624. The van der Waals surface area contributed by atoms with Gasteiger partial charge in [-0.15, -0.1) is 0 Å². The van der Waals surface area contributed by atoms with Crippen LogP contribution >= 0.6 is 0 Å². The summed E-state index contributed by atoms with van der Waals surface area (Å²) in [4.78, 5) is 7.36. The first-order valence-corrected chi connectivity index (χ1v) is 16.9. The van der Waals surface area contributed by atoms with Crippen molar-refractivity contribution >= 4 is 38.9 Å². The molecule has 0 aliphatic rings. The summed E-state index contributed by atoms with van der Waals surface area (Å²) in [5.41, 5.74) is 12.8. The number of hydrogen-bond acceptors (Lipinski definition) is 3. The maximum Gasteiger partial charge on any atom is 0.227 e. The van der Waals surface area contributed by atoms with Crippen molar-refractivity contribution < 1.29 is 4.42 Å². The largest absolute Gasteiger partial charge is 0.435 e. The molecule has 8 aromatic carbocycles. The number of nitrogens with zero attached hydrogens (tertiary/aromatic N) is 2. The number of aromatic nitrogens is 1. The van der Waals surface area contributed by atoms with Gasteiger partial charge in [-0.25, -0.2) is 4.98 Å². The van der Waals surface area contributed by atoms with Gasteiger partial charge < -0.3 is 9.32 Å². The molecule has 1 aromatic heterocycles. The standard InChI is InChI=1S/C47H32N2O/c1-4-12-33(13-5-1)35-20-26-40(27-21-35)49(41-28-22-36(23-29-41)34-14-6-2-7-15-34)42-30-24-37(25-31-42)44-32-39-18-10-11-19-43(39)46-45(44)48-47(50-46)38-16-8-3-9-17-38/h1-32H. The third-order valence-corrected chi connectivity index (χ3v) is 9.31. The molecule has 236 valence electrons. The van der Waals surface area contributed by atoms with Crippen LogP contribution in [0.3, 0.4) is 0 Å². The molecule has 3 heteroatoms. The summed E-state index contributed by atoms with van der Waals surface area (Å²) in [7, 11) is 0. The van der Waals surface area contributed by atoms with E-state index < -0.39 is 0 Å². The van der Waals surface area contributed by atoms with Crippen LogP contribution in [-0.2, 0) is 0 Å². The first kappa shape index (κ1) is 29.4. The smallest absolute Gasteiger partial charge is 0.227 e. The lowest BCUT2D eigenvalue weighted by Gasteiger charge is -2.26. The Morgan fingerprint density at radius 3 is 1.32 bits per heavy atom. The number of fused-ring (bicyclic) bond motifs is 3. The first-order chi connectivity index (χ1) is 24.8. The molecule has 0 N–H and O–H groups in total. The molecule has 0 fully saturated rings. The molecule has 9 rings (SSSR count). The minimum Gasteiger partial charge on any atom is -0.435 e. The van der Waals surface area contributed by atoms with E-state index in [-0.39, 0.29) is 0 Å². The van der Waals surface area contributed by atoms with Crippen LogP contribution in [0.4, 0.5) is 17.1 Å². The lowest BCUT2D eigenvalue weighted by molar-refractivity contribution is 0.623. The highest BCUT2D eigenvalue weighted by atomic mass is 16.3. The number of benzene rings is 8. The summed E-state index contributed by atoms with van der Waals surface area (Å²) in [6.07, 6.45) is 0. The Balaban J connectivity index is 1.14. The van der Waals surface area contributed by atoms with Crippen LogP contribution in [0, 0.1) is 0 Å². The summed E-state index contributed by atoms with van der Waals surface area (Å²) in [6, 6.07) is 68.1. The number of rotatable bonds is 7. The zero-order chi connectivity index (χ0) is 33.3. The zero-order valence-corrected chi connectivity index (χ0v) is 27.3. The highest BCUT2D eigenvalue weighted by Gasteiger charge is 2.18. The Morgan fingerprint density at radius 2 is 0.800 bits per heavy atom. The van der Waals surface area contributed by atoms with Crippen LogP contribution in [0.5, 0.6) is 0 Å². The molecule has 0 amide bonds. The predicted octanol–water partition coefficient (Wildman–Crippen LogP) is 13.1. The highest BCUT2D eigenvalue weighted by Crippen LogP contribution is 2.40. The molecule has 0 bridgehead atoms. The Hall–Kier alpha value is -6.71. The molecular formula is C47H32N2O. The van der Waals surface area contributed by atoms with Gasteiger partial charge in [-0.05, 0) is 87.8 Å². The van der Waals surface area contributed by atoms with Gasteiger partial charge in [0.1, 0.15) is 5.52 Å². The summed E-state index contributed by atoms with van der Waals surface area (Å²) in [5.74, 6) is 0.624. The third-order valence-electron chi connectivity index (χ3n) is 9.31. The summed E-state index contributed by atoms with van der Waals surface area (Å²) in [5, 5.41) is 2.18. The molecule has 0 aliphatic carbocycles. The quantitative estimate of drug-likeness (QED) is 0.174. The number of hydrogen-bond donors (Lipinski definition) is 0. The van der Waals surface area contributed by atoms with E-state index in [9.17, 15) is 0 Å². The van der Waals surface area contributed by atoms with Crippen LogP contribution in [0.25, 0.3) is 66.7 Å². The van der Waals surface area contributed by atoms with Crippen LogP contribution < -0.4 is 4.90 Å². The van der Waals surface area contributed by atoms with Crippen molar-refractivity contribution in [2.45, 2.75) is 0 Å². The van der Waals surface area contributed by atoms with Gasteiger partial charge in [-0.2, -0.15) is 0 Å². The summed E-state index contributed by atoms with van der Waals surface area (Å²) < 4.78 is 6.47. The summed E-state index contributed by atoms with van der Waals surface area (Å²) >= 11 is 0. The maximum atomic E-state index is 6.47. The third kappa shape index (κ3) is 5.51. The lowest BCUT2D eigenvalue weighted by Crippen LogP contribution is -2.09. The minimum atomic E-state index is 0.624. The van der Waals surface area contributed by atoms with Crippen molar-refractivity contribution in [1.82, 2.24) is 4.98 Å². The van der Waals surface area contributed by atoms with E-state index in [0.29, 0.717) is 5.89 Å². The number of anilines is 3. The van der Waals surface area contributed by atoms with Crippen molar-refractivity contribution in [2.75, 3.05) is 4.90 Å². The van der Waals surface area contributed by atoms with Gasteiger partial charge >= 0.3 is 0 Å². The number of oxazole rings is 1. The first-order valence-electron chi connectivity index (χ1n) is 16.9. The van der Waals surface area contributed by atoms with Crippen molar-refractivity contribution in [1.29, 1.82) is 0 Å². The Morgan fingerprint density at radius 1 is 0.380 bits per heavy atom. The van der Waals surface area contributed by atoms with Gasteiger partial charge in [-0.1, -0.05) is 140 Å². The normalized spacial score (nSPS) is 11.2. The molecule has 0 unspecified atom stereocenters. The Kier molecular flexibility index (Phi) is 7.49. The highest BCUT2D eigenvalue weighted by molar-refractivity contribution is 6.10. The van der Waals surface area contributed by atoms with Gasteiger partial charge in [-0.3, -0.25) is 0 Å². The predicted molar refractivity (Wildman–Crippen MR) is 208 cm³/mol. The van der Waals surface area contributed by atoms with Crippen LogP contribution in [0.1, 0.15) is 0 Å². The average molecular weight is 641 g/mol. The van der Waals surface area contributed by atoms with E-state index in [1.807, 2.05) is 36.4 Å². The van der Waals surface area contributed by atoms with E-state index in [0.717, 1.165) is 55.6 Å². The molecule has 50 heavy (non-hydrogen) atoms. The second-order valence-electron chi connectivity index (χ2n) is 12.4. The second kappa shape index (κ2) is 12.7. The monoisotopic (exact) mass is 640 g/mol. The van der Waals surface area contributed by atoms with E-state index in [2.05, 4.69) is 163 Å². The lowest BCUT2D eigenvalue weighted by atomic mass is 9.99. The fourth-order valence-electron chi connectivity index (χ4n) is 6.77. The summed E-state index contributed by atoms with van der Waals surface area (Å²) in [6.45, 7) is 0. The van der Waals surface area contributed by atoms with Gasteiger partial charge in [0, 0.05) is 33.6 Å². The van der Waals surface area contributed by atoms with E-state index in [1.54, 1.807) is 0 Å². The van der Waals surface area contributed by atoms with Crippen LogP contribution in [0.15, 0.2) is 199 Å². The van der Waals surface area contributed by atoms with Gasteiger partial charge in [0.2, 0.25) is 5.89 Å². The van der Waals surface area contributed by atoms with E-state index in [1.165, 1.54) is 22.3 Å². The SMILES string of the molecule is c1ccc(-c2ccc(N(c3ccc(-c4ccccc4)cc3)c3ccc(-c4cc5ccccc5c5oc(-c6ccccc6)nc45)cc3)cc2)cc1. The molecule has 0 spiro atoms. The topological polar surface area (TPSA) is 29.3 Å². The Labute approximate surface area is 291 Å². The molecule has 1 heterocycles. The Bertz CT molecular complexity index is 2460. The maximum absolute atomic E-state index is 6.47. The van der Waals surface area contributed by atoms with Gasteiger partial charge in [0.05, 0.1) is 0 Å². The average Bonchev–Trinajstić information content (AvgIpc) is 3.66. The van der Waals surface area contributed by atoms with Crippen molar-refractivity contribution in [2.24, 2.45) is 0 Å². The van der Waals surface area contributed by atoms with Crippen molar-refractivity contribution in [3.8, 4) is 44.8 Å². The second-order valence-corrected chi connectivity index (χ2v) is 12.4. The van der Waals surface area contributed by atoms with Gasteiger partial charge in [0.15, 0.2) is 5.58 Å². The molecule has 9 aromatic rings. The fraction of sp³-hybridized carbons (Fsp3) is 0. The zero-order valence-electron chi connectivity index (χ0n) is 27.3. The molecule has 3 nitrogen and oxygen atoms in total. The molecular weight excluding hydrogens is 609 g/mol. The van der Waals surface area contributed by atoms with Crippen LogP contribution in [0.2, 0.25) is 0 Å². The van der Waals surface area contributed by atoms with Crippen LogP contribution in [-0.4, -0.2) is 4.98 Å². The fourth-order valence-corrected chi connectivity index (χ4v) is 6.77. The molecule has 0 aliphatic heterocycles. The van der Waals surface area contributed by atoms with Crippen molar-refractivity contribution in [3.63, 3.8) is 0 Å². The van der Waals surface area contributed by atoms with Crippen molar-refractivity contribution in [3.05, 3.63) is 194 Å². The van der Waals surface area contributed by atoms with E-state index in [4.69, 9.17) is 9.40 Å². The van der Waals surface area contributed by atoms with Gasteiger partial charge in [0.25, 0.3) is 0 Å². The molecule has 0 saturated heterocycles. The molecule has 0 saturated carbocycles. The van der Waals surface area contributed by atoms with E-state index >= 15 is 0 Å². The molecule has 0 radical (unpaired) electrons.